The van der Waals surface area contributed by atoms with E-state index in [0.717, 1.165) is 5.56 Å². The summed E-state index contributed by atoms with van der Waals surface area (Å²) >= 11 is 2.73. The van der Waals surface area contributed by atoms with Crippen LogP contribution in [0, 0.1) is 11.3 Å². The lowest BCUT2D eigenvalue weighted by atomic mass is 10.2. The molecule has 0 bridgehead atoms. The normalized spacial score (nSPS) is 10.9. The maximum atomic E-state index is 12.1. The van der Waals surface area contributed by atoms with Gasteiger partial charge >= 0.3 is 6.61 Å². The van der Waals surface area contributed by atoms with Gasteiger partial charge in [-0.3, -0.25) is 10.1 Å². The van der Waals surface area contributed by atoms with Gasteiger partial charge in [0.15, 0.2) is 4.34 Å². The van der Waals surface area contributed by atoms with Gasteiger partial charge in [0.05, 0.1) is 11.6 Å². The van der Waals surface area contributed by atoms with E-state index in [0.29, 0.717) is 26.4 Å². The number of nitriles is 1. The number of nitrogens with one attached hydrogen (secondary N) is 1. The fourth-order valence-corrected chi connectivity index (χ4v) is 3.93. The van der Waals surface area contributed by atoms with Crippen molar-refractivity contribution in [3.05, 3.63) is 71.3 Å². The number of hydrogen-bond acceptors (Lipinski definition) is 7. The number of carbonyl (C=O) groups is 1. The highest BCUT2D eigenvalue weighted by Gasteiger charge is 2.08. The van der Waals surface area contributed by atoms with Crippen molar-refractivity contribution >= 4 is 40.2 Å². The average Bonchev–Trinajstić information content (AvgIpc) is 3.19. The summed E-state index contributed by atoms with van der Waals surface area (Å²) in [4.78, 5) is 12.0. The van der Waals surface area contributed by atoms with Gasteiger partial charge in [-0.2, -0.15) is 14.0 Å². The fourth-order valence-electron chi connectivity index (χ4n) is 2.22. The lowest BCUT2D eigenvalue weighted by molar-refractivity contribution is -0.111. The van der Waals surface area contributed by atoms with Crippen LogP contribution in [0.4, 0.5) is 13.9 Å². The molecule has 0 spiro atoms. The number of carbonyl (C=O) groups excluding carboxylic acids is 1. The lowest BCUT2D eigenvalue weighted by Crippen LogP contribution is -2.07. The zero-order valence-corrected chi connectivity index (χ0v) is 16.9. The van der Waals surface area contributed by atoms with Crippen LogP contribution in [0.25, 0.3) is 6.08 Å². The summed E-state index contributed by atoms with van der Waals surface area (Å²) < 4.78 is 29.2. The predicted molar refractivity (Wildman–Crippen MR) is 111 cm³/mol. The molecule has 30 heavy (non-hydrogen) atoms. The van der Waals surface area contributed by atoms with Crippen LogP contribution in [0.5, 0.6) is 5.75 Å². The van der Waals surface area contributed by atoms with Gasteiger partial charge in [-0.15, -0.1) is 10.2 Å². The van der Waals surface area contributed by atoms with Crippen LogP contribution in [0.15, 0.2) is 58.9 Å². The van der Waals surface area contributed by atoms with Crippen LogP contribution in [-0.2, 0) is 10.5 Å². The first-order valence-electron chi connectivity index (χ1n) is 8.51. The van der Waals surface area contributed by atoms with E-state index in [9.17, 15) is 13.6 Å². The van der Waals surface area contributed by atoms with Gasteiger partial charge in [0.25, 0.3) is 0 Å². The van der Waals surface area contributed by atoms with E-state index in [2.05, 4.69) is 26.3 Å². The number of benzene rings is 2. The second-order valence-corrected chi connectivity index (χ2v) is 7.94. The topological polar surface area (TPSA) is 87.9 Å². The van der Waals surface area contributed by atoms with Crippen LogP contribution < -0.4 is 10.1 Å². The van der Waals surface area contributed by atoms with Crippen LogP contribution in [0.2, 0.25) is 0 Å². The average molecular weight is 444 g/mol. The van der Waals surface area contributed by atoms with Crippen molar-refractivity contribution in [1.29, 1.82) is 5.26 Å². The zero-order valence-electron chi connectivity index (χ0n) is 15.3. The molecular formula is C20H14F2N4O2S2. The Morgan fingerprint density at radius 1 is 1.20 bits per heavy atom. The minimum absolute atomic E-state index is 0.0477. The van der Waals surface area contributed by atoms with Crippen LogP contribution >= 0.6 is 23.1 Å². The van der Waals surface area contributed by atoms with E-state index in [1.807, 2.05) is 12.1 Å². The van der Waals surface area contributed by atoms with Gasteiger partial charge in [0.1, 0.15) is 5.75 Å². The highest BCUT2D eigenvalue weighted by molar-refractivity contribution is 8.00. The van der Waals surface area contributed by atoms with Crippen molar-refractivity contribution in [2.24, 2.45) is 0 Å². The molecule has 0 saturated heterocycles. The summed E-state index contributed by atoms with van der Waals surface area (Å²) in [6.45, 7) is -2.88. The van der Waals surface area contributed by atoms with E-state index in [4.69, 9.17) is 5.26 Å². The summed E-state index contributed by atoms with van der Waals surface area (Å²) in [7, 11) is 0. The fraction of sp³-hybridized carbons (Fsp3) is 0.100. The Hall–Kier alpha value is -3.29. The number of thioether (sulfide) groups is 1. The van der Waals surface area contributed by atoms with Crippen molar-refractivity contribution in [3.63, 3.8) is 0 Å². The predicted octanol–water partition coefficient (Wildman–Crippen LogP) is 4.96. The van der Waals surface area contributed by atoms with Gasteiger partial charge in [0, 0.05) is 11.8 Å². The highest BCUT2D eigenvalue weighted by Crippen LogP contribution is 2.28. The Kier molecular flexibility index (Phi) is 7.48. The first-order chi connectivity index (χ1) is 14.5. The maximum Gasteiger partial charge on any atom is 0.387 e. The Morgan fingerprint density at radius 2 is 1.93 bits per heavy atom. The van der Waals surface area contributed by atoms with Crippen LogP contribution in [0.3, 0.4) is 0 Å². The second kappa shape index (κ2) is 10.5. The van der Waals surface area contributed by atoms with E-state index >= 15 is 0 Å². The van der Waals surface area contributed by atoms with Crippen molar-refractivity contribution in [2.75, 3.05) is 5.32 Å². The van der Waals surface area contributed by atoms with E-state index in [-0.39, 0.29) is 11.7 Å². The van der Waals surface area contributed by atoms with Crippen LogP contribution in [-0.4, -0.2) is 22.7 Å². The SMILES string of the molecule is N#Cc1ccc(CSc2nnc(NC(=O)C=Cc3ccc(OC(F)F)cc3)s2)cc1. The molecule has 3 rings (SSSR count). The first-order valence-corrected chi connectivity index (χ1v) is 10.3. The van der Waals surface area contributed by atoms with Gasteiger partial charge in [-0.25, -0.2) is 0 Å². The summed E-state index contributed by atoms with van der Waals surface area (Å²) in [6, 6.07) is 15.3. The minimum Gasteiger partial charge on any atom is -0.435 e. The minimum atomic E-state index is -2.88. The smallest absolute Gasteiger partial charge is 0.387 e. The van der Waals surface area contributed by atoms with E-state index in [1.54, 1.807) is 30.3 Å². The summed E-state index contributed by atoms with van der Waals surface area (Å²) in [5.41, 5.74) is 2.31. The molecule has 0 unspecified atom stereocenters. The molecule has 152 valence electrons. The number of rotatable bonds is 8. The molecule has 0 saturated carbocycles. The van der Waals surface area contributed by atoms with Crippen molar-refractivity contribution in [3.8, 4) is 11.8 Å². The lowest BCUT2D eigenvalue weighted by Gasteiger charge is -2.03. The molecule has 0 aliphatic carbocycles. The molecule has 0 radical (unpaired) electrons. The molecule has 1 N–H and O–H groups in total. The Balaban J connectivity index is 1.49. The maximum absolute atomic E-state index is 12.1. The zero-order chi connectivity index (χ0) is 21.3. The Labute approximate surface area is 179 Å². The van der Waals surface area contributed by atoms with E-state index < -0.39 is 6.61 Å². The molecule has 1 heterocycles. The Morgan fingerprint density at radius 3 is 2.60 bits per heavy atom. The summed E-state index contributed by atoms with van der Waals surface area (Å²) in [5.74, 6) is 0.327. The molecule has 6 nitrogen and oxygen atoms in total. The number of aromatic nitrogens is 2. The highest BCUT2D eigenvalue weighted by atomic mass is 32.2. The molecule has 0 aliphatic heterocycles. The van der Waals surface area contributed by atoms with Crippen molar-refractivity contribution in [2.45, 2.75) is 16.7 Å². The third-order valence-corrected chi connectivity index (χ3v) is 5.66. The molecule has 0 atom stereocenters. The molecule has 1 aromatic heterocycles. The number of amides is 1. The van der Waals surface area contributed by atoms with E-state index in [1.165, 1.54) is 41.3 Å². The van der Waals surface area contributed by atoms with Gasteiger partial charge < -0.3 is 4.74 Å². The monoisotopic (exact) mass is 444 g/mol. The molecular weight excluding hydrogens is 430 g/mol. The Bertz CT molecular complexity index is 1060. The number of nitrogens with zero attached hydrogens (tertiary/aromatic N) is 3. The molecule has 10 heteroatoms. The number of hydrogen-bond donors (Lipinski definition) is 1. The second-order valence-electron chi connectivity index (χ2n) is 5.74. The molecule has 0 aliphatic rings. The number of alkyl halides is 2. The standard InChI is InChI=1S/C20H14F2N4O2S2/c21-18(22)28-16-8-5-13(6-9-16)7-10-17(27)24-19-25-26-20(30-19)29-12-15-3-1-14(11-23)2-4-15/h1-10,18H,12H2,(H,24,25,27). The molecule has 0 fully saturated rings. The van der Waals surface area contributed by atoms with Gasteiger partial charge in [-0.05, 0) is 41.5 Å². The van der Waals surface area contributed by atoms with Gasteiger partial charge in [-0.1, -0.05) is 47.4 Å². The third-order valence-electron chi connectivity index (χ3n) is 3.61. The van der Waals surface area contributed by atoms with Gasteiger partial charge in [0.2, 0.25) is 11.0 Å². The number of anilines is 1. The van der Waals surface area contributed by atoms with Crippen molar-refractivity contribution in [1.82, 2.24) is 10.2 Å². The first kappa shape index (κ1) is 21.4. The molecule has 1 amide bonds. The van der Waals surface area contributed by atoms with Crippen LogP contribution in [0.1, 0.15) is 16.7 Å². The summed E-state index contributed by atoms with van der Waals surface area (Å²) in [6.07, 6.45) is 2.86. The number of ether oxygens (including phenoxy) is 1. The number of halogens is 2. The quantitative estimate of drug-likeness (QED) is 0.300. The molecule has 3 aromatic rings. The molecule has 2 aromatic carbocycles. The largest absolute Gasteiger partial charge is 0.435 e. The van der Waals surface area contributed by atoms with Crippen molar-refractivity contribution < 1.29 is 18.3 Å². The summed E-state index contributed by atoms with van der Waals surface area (Å²) in [5, 5.41) is 19.8. The third kappa shape index (κ3) is 6.65.